The summed E-state index contributed by atoms with van der Waals surface area (Å²) in [5, 5.41) is 12.6. The van der Waals surface area contributed by atoms with Crippen LogP contribution in [0.4, 0.5) is 5.82 Å². The molecule has 1 aromatic carbocycles. The van der Waals surface area contributed by atoms with Gasteiger partial charge < -0.3 is 9.63 Å². The molecule has 0 radical (unpaired) electrons. The van der Waals surface area contributed by atoms with Gasteiger partial charge in [0.25, 0.3) is 5.91 Å². The van der Waals surface area contributed by atoms with E-state index < -0.39 is 5.97 Å². The standard InChI is InChI=1S/C15H16N2O4/c1-10-4-3-5-12(8-10)15(20)17(7-6-14(18)19)13-9-11(2)21-16-13/h3-5,8-9H,6-7H2,1-2H3,(H,18,19). The molecule has 21 heavy (non-hydrogen) atoms. The molecule has 0 aliphatic rings. The van der Waals surface area contributed by atoms with Crippen molar-refractivity contribution >= 4 is 17.7 Å². The van der Waals surface area contributed by atoms with E-state index >= 15 is 0 Å². The molecule has 0 aliphatic heterocycles. The Bertz CT molecular complexity index is 663. The minimum atomic E-state index is -0.975. The van der Waals surface area contributed by atoms with Gasteiger partial charge in [-0.25, -0.2) is 0 Å². The number of aliphatic carboxylic acids is 1. The molecule has 2 aromatic rings. The zero-order valence-electron chi connectivity index (χ0n) is 11.9. The fourth-order valence-electron chi connectivity index (χ4n) is 1.94. The first-order valence-electron chi connectivity index (χ1n) is 6.51. The van der Waals surface area contributed by atoms with Gasteiger partial charge in [-0.1, -0.05) is 22.9 Å². The number of hydrogen-bond donors (Lipinski definition) is 1. The number of carboxylic acids is 1. The summed E-state index contributed by atoms with van der Waals surface area (Å²) in [4.78, 5) is 24.7. The van der Waals surface area contributed by atoms with E-state index in [2.05, 4.69) is 5.16 Å². The summed E-state index contributed by atoms with van der Waals surface area (Å²) in [5.41, 5.74) is 1.44. The van der Waals surface area contributed by atoms with Gasteiger partial charge in [0.2, 0.25) is 0 Å². The number of nitrogens with zero attached hydrogens (tertiary/aromatic N) is 2. The van der Waals surface area contributed by atoms with E-state index in [0.29, 0.717) is 17.1 Å². The topological polar surface area (TPSA) is 83.6 Å². The van der Waals surface area contributed by atoms with Gasteiger partial charge in [-0.2, -0.15) is 0 Å². The van der Waals surface area contributed by atoms with Crippen LogP contribution in [0.5, 0.6) is 0 Å². The number of rotatable bonds is 5. The molecule has 1 amide bonds. The molecule has 1 heterocycles. The van der Waals surface area contributed by atoms with Gasteiger partial charge in [-0.3, -0.25) is 14.5 Å². The van der Waals surface area contributed by atoms with Crippen molar-refractivity contribution in [3.05, 3.63) is 47.2 Å². The van der Waals surface area contributed by atoms with Crippen LogP contribution < -0.4 is 4.90 Å². The summed E-state index contributed by atoms with van der Waals surface area (Å²) in [6.45, 7) is 3.63. The maximum atomic E-state index is 12.6. The lowest BCUT2D eigenvalue weighted by Crippen LogP contribution is -2.33. The quantitative estimate of drug-likeness (QED) is 0.913. The fourth-order valence-corrected chi connectivity index (χ4v) is 1.94. The van der Waals surface area contributed by atoms with Crippen molar-refractivity contribution in [2.45, 2.75) is 20.3 Å². The van der Waals surface area contributed by atoms with Crippen LogP contribution in [0.2, 0.25) is 0 Å². The average molecular weight is 288 g/mol. The van der Waals surface area contributed by atoms with Gasteiger partial charge in [0.1, 0.15) is 5.76 Å². The highest BCUT2D eigenvalue weighted by molar-refractivity contribution is 6.05. The minimum Gasteiger partial charge on any atom is -0.481 e. The second kappa shape index (κ2) is 6.21. The van der Waals surface area contributed by atoms with Crippen molar-refractivity contribution in [3.8, 4) is 0 Å². The molecule has 0 bridgehead atoms. The first-order valence-corrected chi connectivity index (χ1v) is 6.51. The highest BCUT2D eigenvalue weighted by atomic mass is 16.5. The van der Waals surface area contributed by atoms with Gasteiger partial charge in [0.15, 0.2) is 5.82 Å². The Morgan fingerprint density at radius 3 is 2.62 bits per heavy atom. The second-order valence-corrected chi connectivity index (χ2v) is 4.77. The Hall–Kier alpha value is -2.63. The van der Waals surface area contributed by atoms with Crippen LogP contribution in [-0.4, -0.2) is 28.7 Å². The van der Waals surface area contributed by atoms with Crippen molar-refractivity contribution in [2.24, 2.45) is 0 Å². The van der Waals surface area contributed by atoms with Crippen LogP contribution in [-0.2, 0) is 4.79 Å². The molecule has 0 unspecified atom stereocenters. The first-order chi connectivity index (χ1) is 9.97. The zero-order valence-corrected chi connectivity index (χ0v) is 11.9. The van der Waals surface area contributed by atoms with Gasteiger partial charge in [0.05, 0.1) is 6.42 Å². The number of carbonyl (C=O) groups is 2. The lowest BCUT2D eigenvalue weighted by atomic mass is 10.1. The molecule has 110 valence electrons. The van der Waals surface area contributed by atoms with Gasteiger partial charge >= 0.3 is 5.97 Å². The fraction of sp³-hybridized carbons (Fsp3) is 0.267. The van der Waals surface area contributed by atoms with E-state index in [9.17, 15) is 9.59 Å². The third-order valence-electron chi connectivity index (χ3n) is 2.95. The number of aromatic nitrogens is 1. The highest BCUT2D eigenvalue weighted by Gasteiger charge is 2.21. The molecule has 0 atom stereocenters. The molecular formula is C15H16N2O4. The predicted molar refractivity (Wildman–Crippen MR) is 76.3 cm³/mol. The number of benzene rings is 1. The lowest BCUT2D eigenvalue weighted by molar-refractivity contribution is -0.136. The minimum absolute atomic E-state index is 0.0358. The molecule has 1 N–H and O–H groups in total. The Kier molecular flexibility index (Phi) is 4.37. The third kappa shape index (κ3) is 3.68. The van der Waals surface area contributed by atoms with E-state index in [1.54, 1.807) is 31.2 Å². The molecule has 6 nitrogen and oxygen atoms in total. The zero-order chi connectivity index (χ0) is 15.4. The number of amides is 1. The SMILES string of the molecule is Cc1cccc(C(=O)N(CCC(=O)O)c2cc(C)on2)c1. The number of hydrogen-bond acceptors (Lipinski definition) is 4. The number of aryl methyl sites for hydroxylation is 2. The summed E-state index contributed by atoms with van der Waals surface area (Å²) in [7, 11) is 0. The molecule has 0 aliphatic carbocycles. The Balaban J connectivity index is 2.30. The van der Waals surface area contributed by atoms with Crippen molar-refractivity contribution in [1.29, 1.82) is 0 Å². The molecule has 2 rings (SSSR count). The van der Waals surface area contributed by atoms with Crippen LogP contribution in [0.25, 0.3) is 0 Å². The highest BCUT2D eigenvalue weighted by Crippen LogP contribution is 2.18. The number of carboxylic acid groups (broad SMARTS) is 1. The third-order valence-corrected chi connectivity index (χ3v) is 2.95. The summed E-state index contributed by atoms with van der Waals surface area (Å²) in [6, 6.07) is 8.72. The smallest absolute Gasteiger partial charge is 0.305 e. The van der Waals surface area contributed by atoms with E-state index in [1.165, 1.54) is 4.90 Å². The van der Waals surface area contributed by atoms with Gasteiger partial charge in [0, 0.05) is 18.2 Å². The molecular weight excluding hydrogens is 272 g/mol. The summed E-state index contributed by atoms with van der Waals surface area (Å²) in [6.07, 6.45) is -0.163. The molecule has 0 fully saturated rings. The second-order valence-electron chi connectivity index (χ2n) is 4.77. The number of anilines is 1. The van der Waals surface area contributed by atoms with E-state index in [1.807, 2.05) is 13.0 Å². The van der Waals surface area contributed by atoms with E-state index in [-0.39, 0.29) is 18.9 Å². The molecule has 0 saturated heterocycles. The van der Waals surface area contributed by atoms with Crippen LogP contribution >= 0.6 is 0 Å². The summed E-state index contributed by atoms with van der Waals surface area (Å²) in [5.74, 6) is -0.395. The Morgan fingerprint density at radius 1 is 1.29 bits per heavy atom. The number of carbonyl (C=O) groups excluding carboxylic acids is 1. The first kappa shape index (κ1) is 14.8. The Labute approximate surface area is 122 Å². The molecule has 0 saturated carbocycles. The van der Waals surface area contributed by atoms with Crippen molar-refractivity contribution in [2.75, 3.05) is 11.4 Å². The summed E-state index contributed by atoms with van der Waals surface area (Å²) < 4.78 is 4.97. The van der Waals surface area contributed by atoms with Gasteiger partial charge in [-0.05, 0) is 26.0 Å². The average Bonchev–Trinajstić information content (AvgIpc) is 2.85. The maximum absolute atomic E-state index is 12.6. The maximum Gasteiger partial charge on any atom is 0.305 e. The van der Waals surface area contributed by atoms with E-state index in [0.717, 1.165) is 5.56 Å². The molecule has 6 heteroatoms. The van der Waals surface area contributed by atoms with Crippen LogP contribution in [0, 0.1) is 13.8 Å². The Morgan fingerprint density at radius 2 is 2.05 bits per heavy atom. The van der Waals surface area contributed by atoms with Crippen molar-refractivity contribution in [3.63, 3.8) is 0 Å². The predicted octanol–water partition coefficient (Wildman–Crippen LogP) is 2.41. The summed E-state index contributed by atoms with van der Waals surface area (Å²) >= 11 is 0. The molecule has 0 spiro atoms. The monoisotopic (exact) mass is 288 g/mol. The molecule has 1 aromatic heterocycles. The normalized spacial score (nSPS) is 10.4. The van der Waals surface area contributed by atoms with Gasteiger partial charge in [-0.15, -0.1) is 0 Å². The van der Waals surface area contributed by atoms with Crippen molar-refractivity contribution < 1.29 is 19.2 Å². The van der Waals surface area contributed by atoms with E-state index in [4.69, 9.17) is 9.63 Å². The van der Waals surface area contributed by atoms with Crippen LogP contribution in [0.3, 0.4) is 0 Å². The largest absolute Gasteiger partial charge is 0.481 e. The van der Waals surface area contributed by atoms with Crippen molar-refractivity contribution in [1.82, 2.24) is 5.16 Å². The van der Waals surface area contributed by atoms with Crippen LogP contribution in [0.15, 0.2) is 34.9 Å². The lowest BCUT2D eigenvalue weighted by Gasteiger charge is -2.19. The van der Waals surface area contributed by atoms with Crippen LogP contribution in [0.1, 0.15) is 28.1 Å².